The van der Waals surface area contributed by atoms with Crippen LogP contribution in [0.1, 0.15) is 21.5 Å². The zero-order chi connectivity index (χ0) is 23.2. The second-order valence-corrected chi connectivity index (χ2v) is 9.50. The van der Waals surface area contributed by atoms with Gasteiger partial charge in [0.15, 0.2) is 0 Å². The van der Waals surface area contributed by atoms with E-state index in [-0.39, 0.29) is 5.91 Å². The molecule has 0 fully saturated rings. The minimum Gasteiger partial charge on any atom is -0.497 e. The van der Waals surface area contributed by atoms with Gasteiger partial charge in [0.25, 0.3) is 5.91 Å². The number of ether oxygens (including phenoxy) is 2. The summed E-state index contributed by atoms with van der Waals surface area (Å²) in [5, 5.41) is 6.49. The molecule has 0 aromatic heterocycles. The van der Waals surface area contributed by atoms with Gasteiger partial charge in [-0.05, 0) is 97.4 Å². The van der Waals surface area contributed by atoms with E-state index in [0.717, 1.165) is 24.0 Å². The first-order valence-electron chi connectivity index (χ1n) is 10.1. The first-order chi connectivity index (χ1) is 16.0. The van der Waals surface area contributed by atoms with Crippen molar-refractivity contribution < 1.29 is 14.3 Å². The van der Waals surface area contributed by atoms with Crippen LogP contribution in [0.25, 0.3) is 10.8 Å². The lowest BCUT2D eigenvalue weighted by molar-refractivity contribution is 0.0955. The summed E-state index contributed by atoms with van der Waals surface area (Å²) in [6, 6.07) is 25.4. The van der Waals surface area contributed by atoms with Crippen molar-refractivity contribution in [2.24, 2.45) is 5.10 Å². The smallest absolute Gasteiger partial charge is 0.271 e. The number of fused-ring (bicyclic) bond motifs is 1. The highest BCUT2D eigenvalue weighted by molar-refractivity contribution is 14.1. The number of hydrogen-bond acceptors (Lipinski definition) is 4. The molecule has 0 saturated heterocycles. The minimum atomic E-state index is -0.301. The molecule has 0 spiro atoms. The SMILES string of the molecule is COc1cccc(C(=O)NN=Cc2cc(I)c(OCc3cccc4ccccc34)c(I)c2)c1. The maximum Gasteiger partial charge on any atom is 0.271 e. The Balaban J connectivity index is 1.44. The molecule has 166 valence electrons. The number of nitrogens with one attached hydrogen (secondary N) is 1. The fourth-order valence-corrected chi connectivity index (χ4v) is 5.48. The van der Waals surface area contributed by atoms with Crippen LogP contribution in [0.5, 0.6) is 11.5 Å². The Kier molecular flexibility index (Phi) is 7.81. The normalized spacial score (nSPS) is 11.0. The molecular formula is C26H20I2N2O3. The van der Waals surface area contributed by atoms with E-state index in [0.29, 0.717) is 17.9 Å². The number of carbonyl (C=O) groups is 1. The maximum atomic E-state index is 12.3. The topological polar surface area (TPSA) is 59.9 Å². The number of halogens is 2. The van der Waals surface area contributed by atoms with E-state index in [9.17, 15) is 4.79 Å². The number of nitrogens with zero attached hydrogens (tertiary/aromatic N) is 1. The molecule has 0 atom stereocenters. The Hall–Kier alpha value is -2.66. The van der Waals surface area contributed by atoms with Gasteiger partial charge in [0.1, 0.15) is 18.1 Å². The third-order valence-corrected chi connectivity index (χ3v) is 6.59. The summed E-state index contributed by atoms with van der Waals surface area (Å²) in [5.74, 6) is 1.15. The summed E-state index contributed by atoms with van der Waals surface area (Å²) in [6.07, 6.45) is 1.62. The zero-order valence-electron chi connectivity index (χ0n) is 17.7. The Morgan fingerprint density at radius 3 is 2.48 bits per heavy atom. The summed E-state index contributed by atoms with van der Waals surface area (Å²) >= 11 is 4.52. The predicted octanol–water partition coefficient (Wildman–Crippen LogP) is 6.40. The van der Waals surface area contributed by atoms with Crippen LogP contribution >= 0.6 is 45.2 Å². The van der Waals surface area contributed by atoms with Gasteiger partial charge in [-0.2, -0.15) is 5.10 Å². The lowest BCUT2D eigenvalue weighted by atomic mass is 10.1. The fraction of sp³-hybridized carbons (Fsp3) is 0.0769. The van der Waals surface area contributed by atoms with Crippen LogP contribution in [-0.2, 0) is 6.61 Å². The first-order valence-corrected chi connectivity index (χ1v) is 12.3. The molecule has 0 bridgehead atoms. The van der Waals surface area contributed by atoms with Crippen molar-refractivity contribution in [1.82, 2.24) is 5.43 Å². The van der Waals surface area contributed by atoms with Gasteiger partial charge in [-0.1, -0.05) is 48.5 Å². The molecule has 4 rings (SSSR count). The van der Waals surface area contributed by atoms with Crippen molar-refractivity contribution in [1.29, 1.82) is 0 Å². The van der Waals surface area contributed by atoms with Gasteiger partial charge < -0.3 is 9.47 Å². The average molecular weight is 662 g/mol. The van der Waals surface area contributed by atoms with Crippen molar-refractivity contribution in [3.63, 3.8) is 0 Å². The van der Waals surface area contributed by atoms with Gasteiger partial charge in [-0.25, -0.2) is 5.43 Å². The second kappa shape index (κ2) is 11.0. The van der Waals surface area contributed by atoms with Crippen LogP contribution < -0.4 is 14.9 Å². The van der Waals surface area contributed by atoms with E-state index in [2.05, 4.69) is 86.0 Å². The summed E-state index contributed by atoms with van der Waals surface area (Å²) < 4.78 is 13.3. The summed E-state index contributed by atoms with van der Waals surface area (Å²) in [4.78, 5) is 12.3. The highest BCUT2D eigenvalue weighted by atomic mass is 127. The largest absolute Gasteiger partial charge is 0.497 e. The van der Waals surface area contributed by atoms with Gasteiger partial charge >= 0.3 is 0 Å². The van der Waals surface area contributed by atoms with Crippen molar-refractivity contribution in [3.8, 4) is 11.5 Å². The Labute approximate surface area is 219 Å². The molecule has 0 unspecified atom stereocenters. The molecule has 1 N–H and O–H groups in total. The maximum absolute atomic E-state index is 12.3. The molecule has 33 heavy (non-hydrogen) atoms. The molecule has 0 aliphatic heterocycles. The van der Waals surface area contributed by atoms with E-state index in [1.165, 1.54) is 10.8 Å². The summed E-state index contributed by atoms with van der Waals surface area (Å²) in [7, 11) is 1.56. The standard InChI is InChI=1S/C26H20I2N2O3/c1-32-21-10-5-8-19(14-21)26(31)30-29-15-17-12-23(27)25(24(28)13-17)33-16-20-9-4-7-18-6-2-3-11-22(18)20/h2-15H,16H2,1H3,(H,30,31). The molecule has 0 aliphatic rings. The number of hydrazone groups is 1. The number of amides is 1. The molecule has 1 amide bonds. The second-order valence-electron chi connectivity index (χ2n) is 7.17. The molecule has 0 radical (unpaired) electrons. The monoisotopic (exact) mass is 662 g/mol. The molecular weight excluding hydrogens is 642 g/mol. The number of carbonyl (C=O) groups excluding carboxylic acids is 1. The molecule has 4 aromatic rings. The third kappa shape index (κ3) is 5.83. The Morgan fingerprint density at radius 2 is 1.70 bits per heavy atom. The molecule has 0 saturated carbocycles. The van der Waals surface area contributed by atoms with Crippen LogP contribution in [0.4, 0.5) is 0 Å². The van der Waals surface area contributed by atoms with Gasteiger partial charge in [0.05, 0.1) is 20.5 Å². The molecule has 4 aromatic carbocycles. The van der Waals surface area contributed by atoms with E-state index in [4.69, 9.17) is 9.47 Å². The predicted molar refractivity (Wildman–Crippen MR) is 148 cm³/mol. The highest BCUT2D eigenvalue weighted by Gasteiger charge is 2.10. The van der Waals surface area contributed by atoms with E-state index in [1.54, 1.807) is 37.6 Å². The van der Waals surface area contributed by atoms with Crippen LogP contribution in [0, 0.1) is 7.14 Å². The van der Waals surface area contributed by atoms with Gasteiger partial charge in [-0.3, -0.25) is 4.79 Å². The number of methoxy groups -OCH3 is 1. The van der Waals surface area contributed by atoms with Crippen molar-refractivity contribution in [3.05, 3.63) is 103 Å². The van der Waals surface area contributed by atoms with Gasteiger partial charge in [0, 0.05) is 5.56 Å². The van der Waals surface area contributed by atoms with E-state index >= 15 is 0 Å². The van der Waals surface area contributed by atoms with Gasteiger partial charge in [-0.15, -0.1) is 0 Å². The summed E-state index contributed by atoms with van der Waals surface area (Å²) in [6.45, 7) is 0.484. The van der Waals surface area contributed by atoms with Gasteiger partial charge in [0.2, 0.25) is 0 Å². The van der Waals surface area contributed by atoms with Crippen LogP contribution in [0.3, 0.4) is 0 Å². The number of benzene rings is 4. The lowest BCUT2D eigenvalue weighted by Gasteiger charge is -2.13. The molecule has 5 nitrogen and oxygen atoms in total. The summed E-state index contributed by atoms with van der Waals surface area (Å²) in [5.41, 5.74) is 5.05. The van der Waals surface area contributed by atoms with E-state index in [1.807, 2.05) is 24.3 Å². The minimum absolute atomic E-state index is 0.301. The molecule has 0 aliphatic carbocycles. The Bertz CT molecular complexity index is 1310. The van der Waals surface area contributed by atoms with Crippen molar-refractivity contribution in [2.45, 2.75) is 6.61 Å². The van der Waals surface area contributed by atoms with Crippen LogP contribution in [-0.4, -0.2) is 19.2 Å². The number of rotatable bonds is 7. The molecule has 0 heterocycles. The van der Waals surface area contributed by atoms with Crippen LogP contribution in [0.15, 0.2) is 84.0 Å². The van der Waals surface area contributed by atoms with E-state index < -0.39 is 0 Å². The quantitative estimate of drug-likeness (QED) is 0.142. The highest BCUT2D eigenvalue weighted by Crippen LogP contribution is 2.30. The van der Waals surface area contributed by atoms with Crippen molar-refractivity contribution in [2.75, 3.05) is 7.11 Å². The van der Waals surface area contributed by atoms with Crippen molar-refractivity contribution >= 4 is 68.1 Å². The Morgan fingerprint density at radius 1 is 0.970 bits per heavy atom. The lowest BCUT2D eigenvalue weighted by Crippen LogP contribution is -2.17. The number of hydrogen-bond donors (Lipinski definition) is 1. The van der Waals surface area contributed by atoms with Crippen LogP contribution in [0.2, 0.25) is 0 Å². The first kappa shape index (κ1) is 23.5. The third-order valence-electron chi connectivity index (χ3n) is 4.98. The zero-order valence-corrected chi connectivity index (χ0v) is 22.0. The molecule has 7 heteroatoms. The average Bonchev–Trinajstić information content (AvgIpc) is 2.83. The fourth-order valence-electron chi connectivity index (χ4n) is 3.35.